The van der Waals surface area contributed by atoms with Crippen molar-refractivity contribution < 1.29 is 37.4 Å². The van der Waals surface area contributed by atoms with Crippen LogP contribution in [0.5, 0.6) is 0 Å². The molecule has 50 heavy (non-hydrogen) atoms. The van der Waals surface area contributed by atoms with Crippen LogP contribution < -0.4 is 26.0 Å². The number of unbranched alkanes of at least 4 members (excludes halogenated alkanes) is 4. The molecule has 1 aromatic rings. The molecule has 1 saturated heterocycles. The van der Waals surface area contributed by atoms with Crippen molar-refractivity contribution >= 4 is 39.6 Å². The van der Waals surface area contributed by atoms with Crippen LogP contribution >= 0.6 is 0 Å². The molecule has 5 rings (SSSR count). The van der Waals surface area contributed by atoms with Gasteiger partial charge in [-0.25, -0.2) is 22.7 Å². The van der Waals surface area contributed by atoms with Crippen molar-refractivity contribution in [3.05, 3.63) is 36.9 Å². The van der Waals surface area contributed by atoms with Gasteiger partial charge in [0.1, 0.15) is 22.6 Å². The van der Waals surface area contributed by atoms with Crippen LogP contribution in [0.25, 0.3) is 0 Å². The van der Waals surface area contributed by atoms with Crippen LogP contribution in [-0.4, -0.2) is 74.2 Å². The van der Waals surface area contributed by atoms with E-state index in [4.69, 9.17) is 4.74 Å². The Morgan fingerprint density at radius 2 is 1.74 bits per heavy atom. The molecular formula is C36H53N5O8S. The normalized spacial score (nSPS) is 27.2. The lowest BCUT2D eigenvalue weighted by Gasteiger charge is -2.22. The molecule has 3 saturated carbocycles. The highest BCUT2D eigenvalue weighted by atomic mass is 32.2. The van der Waals surface area contributed by atoms with Gasteiger partial charge in [0.2, 0.25) is 5.91 Å². The molecule has 276 valence electrons. The van der Waals surface area contributed by atoms with E-state index in [1.54, 1.807) is 24.3 Å². The number of alkyl carbamates (subject to hydrolysis) is 1. The van der Waals surface area contributed by atoms with Gasteiger partial charge in [-0.05, 0) is 80.8 Å². The van der Waals surface area contributed by atoms with Crippen molar-refractivity contribution in [1.82, 2.24) is 20.7 Å². The standard InChI is InChI=1S/C36H53N5O8S/c1-4-24-20-36(24,40-30(42)28-21-35(23-38-28)22-34(35,2)3)32(45)41-50(47,48)29-18-12-11-16-26(29)37-19-13-7-5-6-8-17-27(31(43)44)39-33(46)49-25-14-9-10-15-25/h4,11-12,16,18,24-25,27-28,37-38H,1,5-10,13-15,17,19-23H2,2-3H3,(H,39,46)(H,40,42)(H,41,45)(H,43,44)/t24-,27+,28+,35+,36-/m1/s1. The number of amides is 3. The Balaban J connectivity index is 1.05. The average molecular weight is 716 g/mol. The Labute approximate surface area is 295 Å². The van der Waals surface area contributed by atoms with Crippen molar-refractivity contribution in [1.29, 1.82) is 0 Å². The van der Waals surface area contributed by atoms with E-state index in [2.05, 4.69) is 46.4 Å². The van der Waals surface area contributed by atoms with Crippen molar-refractivity contribution in [3.8, 4) is 0 Å². The van der Waals surface area contributed by atoms with E-state index in [0.29, 0.717) is 31.5 Å². The summed E-state index contributed by atoms with van der Waals surface area (Å²) in [6, 6.07) is 4.92. The van der Waals surface area contributed by atoms with Gasteiger partial charge < -0.3 is 31.1 Å². The second-order valence-electron chi connectivity index (χ2n) is 15.2. The van der Waals surface area contributed by atoms with E-state index < -0.39 is 45.6 Å². The van der Waals surface area contributed by atoms with E-state index in [9.17, 15) is 32.7 Å². The van der Waals surface area contributed by atoms with E-state index in [0.717, 1.165) is 64.3 Å². The van der Waals surface area contributed by atoms with Gasteiger partial charge in [0.25, 0.3) is 15.9 Å². The fraction of sp³-hybridized carbons (Fsp3) is 0.667. The Hall–Kier alpha value is -3.65. The quantitative estimate of drug-likeness (QED) is 0.0948. The number of hydrogen-bond acceptors (Lipinski definition) is 9. The van der Waals surface area contributed by atoms with Gasteiger partial charge >= 0.3 is 12.1 Å². The van der Waals surface area contributed by atoms with Crippen LogP contribution in [0.3, 0.4) is 0 Å². The fourth-order valence-corrected chi connectivity index (χ4v) is 8.99. The molecule has 0 aromatic heterocycles. The van der Waals surface area contributed by atoms with E-state index in [-0.39, 0.29) is 40.1 Å². The second-order valence-corrected chi connectivity index (χ2v) is 16.9. The first kappa shape index (κ1) is 37.6. The maximum atomic E-state index is 13.5. The van der Waals surface area contributed by atoms with Gasteiger partial charge in [0.15, 0.2) is 0 Å². The third kappa shape index (κ3) is 8.62. The minimum atomic E-state index is -4.28. The number of carbonyl (C=O) groups excluding carboxylic acids is 3. The maximum Gasteiger partial charge on any atom is 0.408 e. The van der Waals surface area contributed by atoms with E-state index in [1.807, 2.05) is 0 Å². The Morgan fingerprint density at radius 3 is 2.38 bits per heavy atom. The van der Waals surface area contributed by atoms with Crippen LogP contribution in [0.15, 0.2) is 41.8 Å². The molecule has 13 nitrogen and oxygen atoms in total. The monoisotopic (exact) mass is 715 g/mol. The number of carbonyl (C=O) groups is 4. The number of anilines is 1. The molecule has 6 N–H and O–H groups in total. The zero-order valence-corrected chi connectivity index (χ0v) is 30.0. The summed E-state index contributed by atoms with van der Waals surface area (Å²) < 4.78 is 34.6. The van der Waals surface area contributed by atoms with Crippen molar-refractivity contribution in [2.75, 3.05) is 18.4 Å². The number of hydrogen-bond donors (Lipinski definition) is 6. The average Bonchev–Trinajstić information content (AvgIpc) is 3.62. The summed E-state index contributed by atoms with van der Waals surface area (Å²) in [5.74, 6) is -2.55. The summed E-state index contributed by atoms with van der Waals surface area (Å²) in [5.41, 5.74) is -0.762. The number of rotatable bonds is 18. The lowest BCUT2D eigenvalue weighted by molar-refractivity contribution is -0.139. The van der Waals surface area contributed by atoms with E-state index >= 15 is 0 Å². The van der Waals surface area contributed by atoms with Crippen molar-refractivity contribution in [2.45, 2.75) is 126 Å². The largest absolute Gasteiger partial charge is 0.480 e. The van der Waals surface area contributed by atoms with Gasteiger partial charge in [-0.15, -0.1) is 6.58 Å². The summed E-state index contributed by atoms with van der Waals surface area (Å²) in [6.45, 7) is 9.39. The molecule has 14 heteroatoms. The number of sulfonamides is 1. The van der Waals surface area contributed by atoms with Gasteiger partial charge in [-0.3, -0.25) is 9.59 Å². The van der Waals surface area contributed by atoms with Crippen LogP contribution in [0, 0.1) is 16.7 Å². The Kier molecular flexibility index (Phi) is 11.5. The molecule has 3 amide bonds. The lowest BCUT2D eigenvalue weighted by Crippen LogP contribution is -2.55. The molecule has 4 aliphatic rings. The molecule has 4 fully saturated rings. The topological polar surface area (TPSA) is 192 Å². The number of benzene rings is 1. The van der Waals surface area contributed by atoms with Crippen LogP contribution in [0.2, 0.25) is 0 Å². The van der Waals surface area contributed by atoms with Crippen molar-refractivity contribution in [2.24, 2.45) is 16.7 Å². The molecule has 0 radical (unpaired) electrons. The second kappa shape index (κ2) is 15.3. The Bertz CT molecular complexity index is 1560. The summed E-state index contributed by atoms with van der Waals surface area (Å²) >= 11 is 0. The number of carboxylic acids is 1. The molecule has 0 bridgehead atoms. The molecule has 1 spiro atoms. The minimum Gasteiger partial charge on any atom is -0.480 e. The van der Waals surface area contributed by atoms with Crippen LogP contribution in [0.4, 0.5) is 10.5 Å². The first-order chi connectivity index (χ1) is 23.7. The molecule has 1 aromatic carbocycles. The van der Waals surface area contributed by atoms with Crippen LogP contribution in [-0.2, 0) is 29.1 Å². The fourth-order valence-electron chi connectivity index (χ4n) is 7.77. The molecule has 1 heterocycles. The van der Waals surface area contributed by atoms with Gasteiger partial charge in [0, 0.05) is 19.0 Å². The predicted molar refractivity (Wildman–Crippen MR) is 188 cm³/mol. The first-order valence-electron chi connectivity index (χ1n) is 18.0. The number of para-hydroxylation sites is 1. The highest BCUT2D eigenvalue weighted by Gasteiger charge is 2.65. The summed E-state index contributed by atoms with van der Waals surface area (Å²) in [4.78, 5) is 50.4. The smallest absolute Gasteiger partial charge is 0.408 e. The zero-order chi connectivity index (χ0) is 36.2. The number of nitrogens with one attached hydrogen (secondary N) is 5. The van der Waals surface area contributed by atoms with E-state index in [1.165, 1.54) is 6.07 Å². The Morgan fingerprint density at radius 1 is 1.06 bits per heavy atom. The minimum absolute atomic E-state index is 0.0698. The molecule has 1 aliphatic heterocycles. The maximum absolute atomic E-state index is 13.5. The number of aliphatic carboxylic acids is 1. The number of ether oxygens (including phenoxy) is 1. The SMILES string of the molecule is C=C[C@@H]1C[C@]1(NC(=O)[C@@H]1C[C@@]2(CN1)CC2(C)C)C(=O)NS(=O)(=O)c1ccccc1NCCCCCCC[C@H](NC(=O)OC1CCCC1)C(=O)O. The molecular weight excluding hydrogens is 662 g/mol. The summed E-state index contributed by atoms with van der Waals surface area (Å²) in [6.07, 6.45) is 10.5. The third-order valence-corrected chi connectivity index (χ3v) is 12.7. The molecule has 5 atom stereocenters. The zero-order valence-electron chi connectivity index (χ0n) is 29.2. The van der Waals surface area contributed by atoms with Gasteiger partial charge in [0.05, 0.1) is 11.7 Å². The third-order valence-electron chi connectivity index (χ3n) is 11.3. The highest BCUT2D eigenvalue weighted by molar-refractivity contribution is 7.90. The van der Waals surface area contributed by atoms with Gasteiger partial charge in [-0.1, -0.05) is 57.7 Å². The first-order valence-corrected chi connectivity index (χ1v) is 19.5. The summed E-state index contributed by atoms with van der Waals surface area (Å²) in [5, 5.41) is 21.3. The predicted octanol–water partition coefficient (Wildman–Crippen LogP) is 4.21. The molecule has 0 unspecified atom stereocenters. The lowest BCUT2D eigenvalue weighted by atomic mass is 9.93. The van der Waals surface area contributed by atoms with Gasteiger partial charge in [-0.2, -0.15) is 0 Å². The summed E-state index contributed by atoms with van der Waals surface area (Å²) in [7, 11) is -4.28. The van der Waals surface area contributed by atoms with Crippen LogP contribution in [0.1, 0.15) is 97.3 Å². The molecule has 3 aliphatic carbocycles. The highest BCUT2D eigenvalue weighted by Crippen LogP contribution is 2.67. The van der Waals surface area contributed by atoms with Crippen molar-refractivity contribution in [3.63, 3.8) is 0 Å². The number of carboxylic acid groups (broad SMARTS) is 1.